The second-order valence-corrected chi connectivity index (χ2v) is 6.28. The van der Waals surface area contributed by atoms with E-state index in [1.807, 2.05) is 31.2 Å². The second-order valence-electron chi connectivity index (χ2n) is 6.28. The summed E-state index contributed by atoms with van der Waals surface area (Å²) in [5, 5.41) is 6.33. The quantitative estimate of drug-likeness (QED) is 0.802. The predicted molar refractivity (Wildman–Crippen MR) is 96.4 cm³/mol. The van der Waals surface area contributed by atoms with Crippen LogP contribution in [0.3, 0.4) is 0 Å². The Morgan fingerprint density at radius 2 is 1.96 bits per heavy atom. The molecule has 1 aromatic rings. The maximum absolute atomic E-state index is 11.9. The molecule has 0 saturated carbocycles. The first-order valence-corrected chi connectivity index (χ1v) is 8.34. The van der Waals surface area contributed by atoms with E-state index < -0.39 is 0 Å². The molecule has 1 atom stereocenters. The molecule has 0 aromatic heterocycles. The fourth-order valence-corrected chi connectivity index (χ4v) is 2.74. The molecule has 0 radical (unpaired) electrons. The first kappa shape index (κ1) is 19.8. The van der Waals surface area contributed by atoms with Crippen LogP contribution in [0.5, 0.6) is 5.75 Å². The highest BCUT2D eigenvalue weighted by molar-refractivity contribution is 5.85. The zero-order chi connectivity index (χ0) is 15.8. The van der Waals surface area contributed by atoms with Crippen LogP contribution in [0.2, 0.25) is 0 Å². The molecule has 130 valence electrons. The Labute approximate surface area is 145 Å². The van der Waals surface area contributed by atoms with Gasteiger partial charge in [0.2, 0.25) is 5.91 Å². The minimum Gasteiger partial charge on any atom is -0.489 e. The molecule has 1 unspecified atom stereocenters. The number of aryl methyl sites for hydroxylation is 1. The van der Waals surface area contributed by atoms with E-state index in [1.165, 1.54) is 18.4 Å². The molecule has 1 aromatic carbocycles. The third-order valence-corrected chi connectivity index (χ3v) is 4.18. The van der Waals surface area contributed by atoms with E-state index in [0.29, 0.717) is 18.9 Å². The van der Waals surface area contributed by atoms with Crippen LogP contribution < -0.4 is 15.4 Å². The van der Waals surface area contributed by atoms with E-state index in [-0.39, 0.29) is 24.4 Å². The van der Waals surface area contributed by atoms with Gasteiger partial charge < -0.3 is 15.4 Å². The Bertz CT molecular complexity index is 459. The van der Waals surface area contributed by atoms with Gasteiger partial charge in [0, 0.05) is 6.42 Å². The molecule has 1 saturated heterocycles. The van der Waals surface area contributed by atoms with Crippen molar-refractivity contribution < 1.29 is 9.53 Å². The summed E-state index contributed by atoms with van der Waals surface area (Å²) in [4.78, 5) is 11.9. The van der Waals surface area contributed by atoms with E-state index in [9.17, 15) is 4.79 Å². The molecule has 1 heterocycles. The van der Waals surface area contributed by atoms with Gasteiger partial charge in [0.1, 0.15) is 11.9 Å². The number of hydrogen-bond acceptors (Lipinski definition) is 3. The maximum atomic E-state index is 11.9. The zero-order valence-electron chi connectivity index (χ0n) is 14.1. The lowest BCUT2D eigenvalue weighted by Crippen LogP contribution is -2.34. The lowest BCUT2D eigenvalue weighted by atomic mass is 9.93. The number of benzene rings is 1. The van der Waals surface area contributed by atoms with Crippen molar-refractivity contribution in [3.8, 4) is 5.75 Å². The van der Waals surface area contributed by atoms with Crippen LogP contribution in [0.25, 0.3) is 0 Å². The first-order chi connectivity index (χ1) is 10.6. The van der Waals surface area contributed by atoms with Gasteiger partial charge in [-0.25, -0.2) is 0 Å². The van der Waals surface area contributed by atoms with Crippen LogP contribution in [-0.4, -0.2) is 31.6 Å². The summed E-state index contributed by atoms with van der Waals surface area (Å²) in [5.74, 6) is 1.69. The summed E-state index contributed by atoms with van der Waals surface area (Å²) in [6, 6.07) is 7.98. The molecule has 2 rings (SSSR count). The fraction of sp³-hybridized carbons (Fsp3) is 0.611. The summed E-state index contributed by atoms with van der Waals surface area (Å²) < 4.78 is 5.79. The van der Waals surface area contributed by atoms with E-state index in [2.05, 4.69) is 17.6 Å². The van der Waals surface area contributed by atoms with Gasteiger partial charge in [-0.1, -0.05) is 17.7 Å². The topological polar surface area (TPSA) is 50.4 Å². The molecule has 1 amide bonds. The van der Waals surface area contributed by atoms with Gasteiger partial charge in [-0.3, -0.25) is 4.79 Å². The highest BCUT2D eigenvalue weighted by Gasteiger charge is 2.14. The van der Waals surface area contributed by atoms with Crippen LogP contribution in [0.4, 0.5) is 0 Å². The first-order valence-electron chi connectivity index (χ1n) is 8.34. The monoisotopic (exact) mass is 340 g/mol. The molecule has 0 aliphatic carbocycles. The summed E-state index contributed by atoms with van der Waals surface area (Å²) in [5.41, 5.74) is 1.21. The molecule has 2 N–H and O–H groups in total. The Balaban J connectivity index is 0.00000264. The third-order valence-electron chi connectivity index (χ3n) is 4.18. The Kier molecular flexibility index (Phi) is 9.03. The van der Waals surface area contributed by atoms with Crippen molar-refractivity contribution in [3.05, 3.63) is 29.8 Å². The van der Waals surface area contributed by atoms with Crippen molar-refractivity contribution >= 4 is 18.3 Å². The van der Waals surface area contributed by atoms with Crippen LogP contribution in [-0.2, 0) is 4.79 Å². The molecule has 4 nitrogen and oxygen atoms in total. The van der Waals surface area contributed by atoms with Gasteiger partial charge in [-0.05, 0) is 64.3 Å². The third kappa shape index (κ3) is 7.71. The SMILES string of the molecule is Cc1ccc(OC(C)CNC(=O)CCC2CCNCC2)cc1.Cl. The highest BCUT2D eigenvalue weighted by atomic mass is 35.5. The summed E-state index contributed by atoms with van der Waals surface area (Å²) >= 11 is 0. The lowest BCUT2D eigenvalue weighted by Gasteiger charge is -2.22. The van der Waals surface area contributed by atoms with Crippen molar-refractivity contribution in [3.63, 3.8) is 0 Å². The Morgan fingerprint density at radius 1 is 1.30 bits per heavy atom. The van der Waals surface area contributed by atoms with Crippen molar-refractivity contribution in [2.24, 2.45) is 5.92 Å². The molecule has 0 spiro atoms. The fourth-order valence-electron chi connectivity index (χ4n) is 2.74. The number of nitrogens with one attached hydrogen (secondary N) is 2. The van der Waals surface area contributed by atoms with Gasteiger partial charge in [0.05, 0.1) is 6.54 Å². The molecule has 1 fully saturated rings. The molecule has 1 aliphatic heterocycles. The second kappa shape index (κ2) is 10.5. The molecule has 1 aliphatic rings. The smallest absolute Gasteiger partial charge is 0.220 e. The van der Waals surface area contributed by atoms with Crippen molar-refractivity contribution in [2.45, 2.75) is 45.6 Å². The van der Waals surface area contributed by atoms with Crippen molar-refractivity contribution in [1.29, 1.82) is 0 Å². The lowest BCUT2D eigenvalue weighted by molar-refractivity contribution is -0.121. The van der Waals surface area contributed by atoms with Gasteiger partial charge in [-0.15, -0.1) is 12.4 Å². The van der Waals surface area contributed by atoms with E-state index >= 15 is 0 Å². The maximum Gasteiger partial charge on any atom is 0.220 e. The number of hydrogen-bond donors (Lipinski definition) is 2. The molecular weight excluding hydrogens is 312 g/mol. The molecule has 23 heavy (non-hydrogen) atoms. The summed E-state index contributed by atoms with van der Waals surface area (Å²) in [6.07, 6.45) is 3.99. The number of ether oxygens (including phenoxy) is 1. The number of piperidine rings is 1. The highest BCUT2D eigenvalue weighted by Crippen LogP contribution is 2.17. The van der Waals surface area contributed by atoms with E-state index in [1.54, 1.807) is 0 Å². The van der Waals surface area contributed by atoms with Crippen LogP contribution in [0.15, 0.2) is 24.3 Å². The van der Waals surface area contributed by atoms with Crippen LogP contribution in [0, 0.1) is 12.8 Å². The number of carbonyl (C=O) groups excluding carboxylic acids is 1. The Hall–Kier alpha value is -1.26. The molecule has 0 bridgehead atoms. The summed E-state index contributed by atoms with van der Waals surface area (Å²) in [6.45, 7) is 6.77. The van der Waals surface area contributed by atoms with Crippen LogP contribution in [0.1, 0.15) is 38.2 Å². The minimum atomic E-state index is -0.0227. The van der Waals surface area contributed by atoms with Gasteiger partial charge >= 0.3 is 0 Å². The average Bonchev–Trinajstić information content (AvgIpc) is 2.54. The number of halogens is 1. The van der Waals surface area contributed by atoms with Gasteiger partial charge in [0.25, 0.3) is 0 Å². The summed E-state index contributed by atoms with van der Waals surface area (Å²) in [7, 11) is 0. The normalized spacial score (nSPS) is 16.3. The van der Waals surface area contributed by atoms with Gasteiger partial charge in [-0.2, -0.15) is 0 Å². The number of amides is 1. The average molecular weight is 341 g/mol. The predicted octanol–water partition coefficient (Wildman–Crippen LogP) is 3.08. The Morgan fingerprint density at radius 3 is 2.61 bits per heavy atom. The largest absolute Gasteiger partial charge is 0.489 e. The van der Waals surface area contributed by atoms with E-state index in [0.717, 1.165) is 25.3 Å². The van der Waals surface area contributed by atoms with Crippen molar-refractivity contribution in [2.75, 3.05) is 19.6 Å². The van der Waals surface area contributed by atoms with E-state index in [4.69, 9.17) is 4.74 Å². The van der Waals surface area contributed by atoms with Crippen LogP contribution >= 0.6 is 12.4 Å². The van der Waals surface area contributed by atoms with Crippen molar-refractivity contribution in [1.82, 2.24) is 10.6 Å². The molecular formula is C18H29ClN2O2. The molecule has 5 heteroatoms. The minimum absolute atomic E-state index is 0. The number of carbonyl (C=O) groups is 1. The standard InChI is InChI=1S/C18H28N2O2.ClH/c1-14-3-6-17(7-4-14)22-15(2)13-20-18(21)8-5-16-9-11-19-12-10-16;/h3-4,6-7,15-16,19H,5,8-13H2,1-2H3,(H,20,21);1H. The zero-order valence-corrected chi connectivity index (χ0v) is 15.0. The van der Waals surface area contributed by atoms with Gasteiger partial charge in [0.15, 0.2) is 0 Å². The number of rotatable bonds is 7.